The molecule has 0 amide bonds. The second kappa shape index (κ2) is 5.55. The van der Waals surface area contributed by atoms with Crippen molar-refractivity contribution < 1.29 is 0 Å². The molecule has 0 N–H and O–H groups in total. The lowest BCUT2D eigenvalue weighted by Gasteiger charge is -2.08. The Morgan fingerprint density at radius 3 is 2.50 bits per heavy atom. The summed E-state index contributed by atoms with van der Waals surface area (Å²) in [5, 5.41) is 2.01. The maximum Gasteiger partial charge on any atom is 0.0495 e. The molecule has 0 fully saturated rings. The molecule has 20 heavy (non-hydrogen) atoms. The Hall–Kier alpha value is -1.38. The van der Waals surface area contributed by atoms with Crippen molar-refractivity contribution in [2.24, 2.45) is 0 Å². The fourth-order valence-corrected chi connectivity index (χ4v) is 3.48. The average Bonchev–Trinajstić information content (AvgIpc) is 2.78. The zero-order chi connectivity index (χ0) is 14.1. The van der Waals surface area contributed by atoms with Gasteiger partial charge in [0.15, 0.2) is 0 Å². The third kappa shape index (κ3) is 2.58. The molecular weight excluding hydrogens is 286 g/mol. The highest BCUT2D eigenvalue weighted by molar-refractivity contribution is 7.99. The first kappa shape index (κ1) is 13.6. The highest BCUT2D eigenvalue weighted by atomic mass is 35.5. The second-order valence-corrected chi connectivity index (χ2v) is 6.62. The lowest BCUT2D eigenvalue weighted by molar-refractivity contribution is 0.620. The lowest BCUT2D eigenvalue weighted by atomic mass is 10.2. The Morgan fingerprint density at radius 2 is 1.80 bits per heavy atom. The van der Waals surface area contributed by atoms with Crippen LogP contribution in [-0.2, 0) is 0 Å². The number of hydrogen-bond acceptors (Lipinski definition) is 1. The monoisotopic (exact) mass is 301 g/mol. The van der Waals surface area contributed by atoms with E-state index in [0.717, 1.165) is 5.02 Å². The molecule has 0 aliphatic carbocycles. The van der Waals surface area contributed by atoms with Crippen molar-refractivity contribution in [2.45, 2.75) is 29.7 Å². The number of halogens is 1. The van der Waals surface area contributed by atoms with Gasteiger partial charge in [-0.2, -0.15) is 0 Å². The van der Waals surface area contributed by atoms with Crippen molar-refractivity contribution in [3.8, 4) is 0 Å². The van der Waals surface area contributed by atoms with Crippen molar-refractivity contribution in [3.05, 3.63) is 59.8 Å². The van der Waals surface area contributed by atoms with E-state index in [9.17, 15) is 0 Å². The Balaban J connectivity index is 2.12. The fourth-order valence-electron chi connectivity index (χ4n) is 2.32. The van der Waals surface area contributed by atoms with E-state index in [2.05, 4.69) is 61.0 Å². The van der Waals surface area contributed by atoms with Crippen LogP contribution in [0, 0.1) is 0 Å². The van der Waals surface area contributed by atoms with Crippen molar-refractivity contribution in [1.29, 1.82) is 0 Å². The largest absolute Gasteiger partial charge is 0.344 e. The van der Waals surface area contributed by atoms with Crippen LogP contribution < -0.4 is 0 Å². The SMILES string of the molecule is CC(C)n1cc(Sc2ccccc2)c2cc(Cl)ccc21. The molecule has 1 nitrogen and oxygen atoms in total. The predicted octanol–water partition coefficient (Wildman–Crippen LogP) is 6.03. The highest BCUT2D eigenvalue weighted by Gasteiger charge is 2.12. The highest BCUT2D eigenvalue weighted by Crippen LogP contribution is 2.37. The predicted molar refractivity (Wildman–Crippen MR) is 87.9 cm³/mol. The first-order chi connectivity index (χ1) is 9.65. The molecule has 102 valence electrons. The van der Waals surface area contributed by atoms with Crippen molar-refractivity contribution in [2.75, 3.05) is 0 Å². The maximum absolute atomic E-state index is 6.16. The standard InChI is InChI=1S/C17H16ClNS/c1-12(2)19-11-17(20-14-6-4-3-5-7-14)15-10-13(18)8-9-16(15)19/h3-12H,1-2H3. The van der Waals surface area contributed by atoms with Crippen molar-refractivity contribution in [3.63, 3.8) is 0 Å². The van der Waals surface area contributed by atoms with Gasteiger partial charge in [-0.1, -0.05) is 41.6 Å². The zero-order valence-corrected chi connectivity index (χ0v) is 13.1. The molecule has 0 saturated heterocycles. The number of aromatic nitrogens is 1. The summed E-state index contributed by atoms with van der Waals surface area (Å²) in [6, 6.07) is 17.0. The summed E-state index contributed by atoms with van der Waals surface area (Å²) in [5.41, 5.74) is 1.24. The third-order valence-electron chi connectivity index (χ3n) is 3.29. The molecule has 0 bridgehead atoms. The van der Waals surface area contributed by atoms with Crippen LogP contribution in [-0.4, -0.2) is 4.57 Å². The van der Waals surface area contributed by atoms with Crippen LogP contribution in [0.1, 0.15) is 19.9 Å². The molecule has 1 heterocycles. The number of benzene rings is 2. The summed E-state index contributed by atoms with van der Waals surface area (Å²) in [6.45, 7) is 4.40. The summed E-state index contributed by atoms with van der Waals surface area (Å²) in [6.07, 6.45) is 2.23. The summed E-state index contributed by atoms with van der Waals surface area (Å²) in [5.74, 6) is 0. The zero-order valence-electron chi connectivity index (χ0n) is 11.5. The molecular formula is C17H16ClNS. The Labute approximate surface area is 128 Å². The number of fused-ring (bicyclic) bond motifs is 1. The van der Waals surface area contributed by atoms with Gasteiger partial charge in [-0.15, -0.1) is 0 Å². The minimum Gasteiger partial charge on any atom is -0.344 e. The van der Waals surface area contributed by atoms with Crippen molar-refractivity contribution in [1.82, 2.24) is 4.57 Å². The van der Waals surface area contributed by atoms with Crippen LogP contribution in [0.2, 0.25) is 5.02 Å². The average molecular weight is 302 g/mol. The van der Waals surface area contributed by atoms with E-state index < -0.39 is 0 Å². The number of nitrogens with zero attached hydrogens (tertiary/aromatic N) is 1. The molecule has 2 aromatic carbocycles. The van der Waals surface area contributed by atoms with E-state index >= 15 is 0 Å². The van der Waals surface area contributed by atoms with Crippen LogP contribution in [0.25, 0.3) is 10.9 Å². The molecule has 0 aliphatic heterocycles. The first-order valence-electron chi connectivity index (χ1n) is 6.68. The smallest absolute Gasteiger partial charge is 0.0495 e. The van der Waals surface area contributed by atoms with E-state index in [1.165, 1.54) is 20.7 Å². The normalized spacial score (nSPS) is 11.4. The molecule has 3 rings (SSSR count). The van der Waals surface area contributed by atoms with Crippen LogP contribution >= 0.6 is 23.4 Å². The van der Waals surface area contributed by atoms with Crippen molar-refractivity contribution >= 4 is 34.3 Å². The van der Waals surface area contributed by atoms with Gasteiger partial charge in [-0.3, -0.25) is 0 Å². The van der Waals surface area contributed by atoms with Crippen LogP contribution in [0.3, 0.4) is 0 Å². The topological polar surface area (TPSA) is 4.93 Å². The number of rotatable bonds is 3. The summed E-state index contributed by atoms with van der Waals surface area (Å²) >= 11 is 7.95. The van der Waals surface area contributed by atoms with Gasteiger partial charge in [0.1, 0.15) is 0 Å². The summed E-state index contributed by atoms with van der Waals surface area (Å²) in [4.78, 5) is 2.50. The lowest BCUT2D eigenvalue weighted by Crippen LogP contribution is -1.97. The molecule has 0 unspecified atom stereocenters. The Kier molecular flexibility index (Phi) is 3.77. The van der Waals surface area contributed by atoms with Gasteiger partial charge in [0.25, 0.3) is 0 Å². The fraction of sp³-hybridized carbons (Fsp3) is 0.176. The van der Waals surface area contributed by atoms with E-state index in [1.807, 2.05) is 12.1 Å². The molecule has 0 spiro atoms. The van der Waals surface area contributed by atoms with Gasteiger partial charge in [0, 0.05) is 38.0 Å². The van der Waals surface area contributed by atoms with E-state index in [0.29, 0.717) is 6.04 Å². The Bertz CT molecular complexity index is 731. The van der Waals surface area contributed by atoms with Crippen LogP contribution in [0.15, 0.2) is 64.5 Å². The first-order valence-corrected chi connectivity index (χ1v) is 7.87. The quantitative estimate of drug-likeness (QED) is 0.572. The second-order valence-electron chi connectivity index (χ2n) is 5.07. The molecule has 0 aliphatic rings. The number of hydrogen-bond donors (Lipinski definition) is 0. The molecule has 1 aromatic heterocycles. The minimum absolute atomic E-state index is 0.434. The summed E-state index contributed by atoms with van der Waals surface area (Å²) < 4.78 is 2.30. The molecule has 0 radical (unpaired) electrons. The third-order valence-corrected chi connectivity index (χ3v) is 4.57. The van der Waals surface area contributed by atoms with E-state index in [4.69, 9.17) is 11.6 Å². The molecule has 0 saturated carbocycles. The molecule has 0 atom stereocenters. The van der Waals surface area contributed by atoms with Crippen LogP contribution in [0.4, 0.5) is 0 Å². The van der Waals surface area contributed by atoms with Gasteiger partial charge in [0.2, 0.25) is 0 Å². The van der Waals surface area contributed by atoms with Gasteiger partial charge in [-0.25, -0.2) is 0 Å². The van der Waals surface area contributed by atoms with E-state index in [1.54, 1.807) is 11.8 Å². The minimum atomic E-state index is 0.434. The van der Waals surface area contributed by atoms with Gasteiger partial charge >= 0.3 is 0 Å². The summed E-state index contributed by atoms with van der Waals surface area (Å²) in [7, 11) is 0. The Morgan fingerprint density at radius 1 is 1.05 bits per heavy atom. The molecule has 3 aromatic rings. The van der Waals surface area contributed by atoms with Crippen LogP contribution in [0.5, 0.6) is 0 Å². The van der Waals surface area contributed by atoms with Gasteiger partial charge in [0.05, 0.1) is 0 Å². The van der Waals surface area contributed by atoms with E-state index in [-0.39, 0.29) is 0 Å². The van der Waals surface area contributed by atoms with Gasteiger partial charge in [-0.05, 0) is 44.2 Å². The van der Waals surface area contributed by atoms with Gasteiger partial charge < -0.3 is 4.57 Å². The molecule has 3 heteroatoms. The maximum atomic E-state index is 6.16.